The molecule has 0 amide bonds. The number of pyridine rings is 1. The van der Waals surface area contributed by atoms with E-state index in [1.165, 1.54) is 0 Å². The number of hydrogen-bond donors (Lipinski definition) is 0. The van der Waals surface area contributed by atoms with E-state index >= 15 is 0 Å². The average molecular weight is 180 g/mol. The Labute approximate surface area is 52.9 Å². The summed E-state index contributed by atoms with van der Waals surface area (Å²) in [7, 11) is 0. The molecule has 0 bridgehead atoms. The third-order valence-corrected chi connectivity index (χ3v) is 1.19. The van der Waals surface area contributed by atoms with Crippen LogP contribution in [0.1, 0.15) is 0 Å². The molecule has 37 valence electrons. The van der Waals surface area contributed by atoms with Crippen molar-refractivity contribution in [1.82, 2.24) is 0 Å². The van der Waals surface area contributed by atoms with Crippen molar-refractivity contribution in [1.29, 1.82) is 0 Å². The Hall–Kier alpha value is -0.227. The van der Waals surface area contributed by atoms with Crippen molar-refractivity contribution in [2.75, 3.05) is 0 Å². The van der Waals surface area contributed by atoms with Gasteiger partial charge in [-0.2, -0.15) is 0 Å². The molecule has 0 saturated carbocycles. The van der Waals surface area contributed by atoms with Gasteiger partial charge in [-0.25, -0.2) is 0 Å². The summed E-state index contributed by atoms with van der Waals surface area (Å²) in [6, 6.07) is 5.95. The molecule has 0 aliphatic carbocycles. The first-order chi connectivity index (χ1) is 3.39. The Kier molecular flexibility index (Phi) is 1.53. The van der Waals surface area contributed by atoms with E-state index in [4.69, 9.17) is 0 Å². The van der Waals surface area contributed by atoms with Crippen molar-refractivity contribution in [3.05, 3.63) is 30.6 Å². The second kappa shape index (κ2) is 2.18. The predicted octanol–water partition coefficient (Wildman–Crippen LogP) is 0.284. The fraction of sp³-hybridized carbons (Fsp3) is 0. The van der Waals surface area contributed by atoms with Crippen LogP contribution in [0.5, 0.6) is 0 Å². The number of nitrogens with zero attached hydrogens (tertiary/aromatic N) is 1. The summed E-state index contributed by atoms with van der Waals surface area (Å²) >= 11 is 2.46. The predicted molar refractivity (Wildman–Crippen MR) is 22.0 cm³/mol. The first-order valence-electron chi connectivity index (χ1n) is 2.01. The zero-order valence-electron chi connectivity index (χ0n) is 3.69. The van der Waals surface area contributed by atoms with E-state index in [0.717, 1.165) is 0 Å². The van der Waals surface area contributed by atoms with Crippen LogP contribution in [0.2, 0.25) is 0 Å². The van der Waals surface area contributed by atoms with Gasteiger partial charge in [0.2, 0.25) is 0 Å². The van der Waals surface area contributed by atoms with Crippen LogP contribution in [0, 0.1) is 0 Å². The zero-order chi connectivity index (χ0) is 5.11. The van der Waals surface area contributed by atoms with Crippen LogP contribution in [0.4, 0.5) is 0 Å². The summed E-state index contributed by atoms with van der Waals surface area (Å²) in [5.41, 5.74) is 0. The number of aromatic nitrogens is 1. The summed E-state index contributed by atoms with van der Waals surface area (Å²) < 4.78 is 1.93. The van der Waals surface area contributed by atoms with Crippen LogP contribution < -0.4 is 3.31 Å². The molecule has 1 heterocycles. The number of rotatable bonds is 0. The van der Waals surface area contributed by atoms with Crippen LogP contribution in [0.25, 0.3) is 0 Å². The maximum atomic E-state index is 2.46. The van der Waals surface area contributed by atoms with E-state index in [1.54, 1.807) is 0 Å². The van der Waals surface area contributed by atoms with Gasteiger partial charge >= 0.3 is 52.4 Å². The molecule has 0 unspecified atom stereocenters. The second-order valence-electron chi connectivity index (χ2n) is 1.21. The topological polar surface area (TPSA) is 3.88 Å². The molecule has 7 heavy (non-hydrogen) atoms. The third-order valence-electron chi connectivity index (χ3n) is 0.672. The summed E-state index contributed by atoms with van der Waals surface area (Å²) in [5, 5.41) is 0. The van der Waals surface area contributed by atoms with Crippen molar-refractivity contribution in [2.24, 2.45) is 0 Å². The number of hydrogen-bond acceptors (Lipinski definition) is 0. The SMILES string of the molecule is [Ru][n+]1ccccc1. The minimum absolute atomic E-state index is 1.93. The van der Waals surface area contributed by atoms with Crippen LogP contribution in [-0.4, -0.2) is 0 Å². The molecule has 0 radical (unpaired) electrons. The standard InChI is InChI=1S/C5H5N.Ru/c1-2-4-6-5-3-1;/h1-5H;/q;+1. The van der Waals surface area contributed by atoms with Gasteiger partial charge in [0.15, 0.2) is 0 Å². The molecular weight excluding hydrogens is 175 g/mol. The van der Waals surface area contributed by atoms with Gasteiger partial charge in [-0.05, 0) is 0 Å². The van der Waals surface area contributed by atoms with Crippen LogP contribution in [0.15, 0.2) is 30.6 Å². The maximum absolute atomic E-state index is 2.46. The van der Waals surface area contributed by atoms with Crippen molar-refractivity contribution in [2.45, 2.75) is 0 Å². The molecule has 0 aliphatic heterocycles. The van der Waals surface area contributed by atoms with Gasteiger partial charge in [0, 0.05) is 0 Å². The van der Waals surface area contributed by atoms with Crippen molar-refractivity contribution in [3.63, 3.8) is 0 Å². The monoisotopic (exact) mass is 181 g/mol. The second-order valence-corrected chi connectivity index (χ2v) is 2.10. The fourth-order valence-electron chi connectivity index (χ4n) is 0.373. The van der Waals surface area contributed by atoms with E-state index in [1.807, 2.05) is 33.9 Å². The van der Waals surface area contributed by atoms with Gasteiger partial charge in [0.25, 0.3) is 0 Å². The van der Waals surface area contributed by atoms with Gasteiger partial charge < -0.3 is 0 Å². The molecule has 1 rings (SSSR count). The molecule has 1 aromatic rings. The molecule has 0 spiro atoms. The Morgan fingerprint density at radius 2 is 1.57 bits per heavy atom. The Morgan fingerprint density at radius 1 is 1.00 bits per heavy atom. The molecule has 0 N–H and O–H groups in total. The normalized spacial score (nSPS) is 8.71. The van der Waals surface area contributed by atoms with Crippen molar-refractivity contribution in [3.8, 4) is 0 Å². The van der Waals surface area contributed by atoms with E-state index in [0.29, 0.717) is 0 Å². The van der Waals surface area contributed by atoms with Gasteiger partial charge in [-0.3, -0.25) is 0 Å². The van der Waals surface area contributed by atoms with Crippen LogP contribution in [0.3, 0.4) is 0 Å². The quantitative estimate of drug-likeness (QED) is 0.505. The zero-order valence-corrected chi connectivity index (χ0v) is 5.43. The first-order valence-corrected chi connectivity index (χ1v) is 2.79. The van der Waals surface area contributed by atoms with Gasteiger partial charge in [-0.15, -0.1) is 0 Å². The van der Waals surface area contributed by atoms with Crippen LogP contribution >= 0.6 is 0 Å². The van der Waals surface area contributed by atoms with E-state index in [2.05, 4.69) is 18.5 Å². The molecule has 0 aliphatic rings. The Bertz CT molecular complexity index is 138. The summed E-state index contributed by atoms with van der Waals surface area (Å²) in [5.74, 6) is 0. The summed E-state index contributed by atoms with van der Waals surface area (Å²) in [4.78, 5) is 0. The summed E-state index contributed by atoms with van der Waals surface area (Å²) in [6.45, 7) is 0. The first kappa shape index (κ1) is 4.92. The fourth-order valence-corrected chi connectivity index (χ4v) is 0.673. The average Bonchev–Trinajstić information content (AvgIpc) is 1.69. The molecule has 1 aromatic heterocycles. The Balaban J connectivity index is 3.02. The van der Waals surface area contributed by atoms with Gasteiger partial charge in [-0.1, -0.05) is 0 Å². The molecule has 0 atom stereocenters. The van der Waals surface area contributed by atoms with Crippen molar-refractivity contribution < 1.29 is 21.9 Å². The van der Waals surface area contributed by atoms with Gasteiger partial charge in [0.1, 0.15) is 0 Å². The molecule has 0 aromatic carbocycles. The molecule has 0 fully saturated rings. The molecule has 1 nitrogen and oxygen atoms in total. The third kappa shape index (κ3) is 1.36. The Morgan fingerprint density at radius 3 is 1.86 bits per heavy atom. The molecule has 2 heteroatoms. The van der Waals surface area contributed by atoms with E-state index in [9.17, 15) is 0 Å². The van der Waals surface area contributed by atoms with E-state index < -0.39 is 0 Å². The van der Waals surface area contributed by atoms with Gasteiger partial charge in [0.05, 0.1) is 0 Å². The summed E-state index contributed by atoms with van der Waals surface area (Å²) in [6.07, 6.45) is 3.94. The van der Waals surface area contributed by atoms with E-state index in [-0.39, 0.29) is 0 Å². The molecular formula is C5H5NRu+. The minimum atomic E-state index is 1.93. The van der Waals surface area contributed by atoms with Crippen LogP contribution in [-0.2, 0) is 18.5 Å². The molecule has 0 saturated heterocycles. The van der Waals surface area contributed by atoms with Crippen molar-refractivity contribution >= 4 is 0 Å².